The van der Waals surface area contributed by atoms with E-state index >= 15 is 0 Å². The highest BCUT2D eigenvalue weighted by Crippen LogP contribution is 2.25. The lowest BCUT2D eigenvalue weighted by molar-refractivity contribution is -0.134. The van der Waals surface area contributed by atoms with Gasteiger partial charge in [0.25, 0.3) is 0 Å². The number of aliphatic hydroxyl groups excluding tert-OH is 1. The Hall–Kier alpha value is -1.51. The van der Waals surface area contributed by atoms with Crippen LogP contribution in [-0.2, 0) is 14.4 Å². The smallest absolute Gasteiger partial charge is 0.245 e. The molecule has 1 saturated carbocycles. The van der Waals surface area contributed by atoms with E-state index in [1.807, 2.05) is 0 Å². The van der Waals surface area contributed by atoms with Crippen LogP contribution in [0.3, 0.4) is 0 Å². The summed E-state index contributed by atoms with van der Waals surface area (Å²) in [6.07, 6.45) is 4.20. The average molecular weight is 356 g/mol. The van der Waals surface area contributed by atoms with Crippen molar-refractivity contribution >= 4 is 17.6 Å². The molecule has 1 unspecified atom stereocenters. The molecule has 1 aliphatic rings. The maximum atomic E-state index is 12.4. The molecule has 0 radical (unpaired) electrons. The summed E-state index contributed by atoms with van der Waals surface area (Å²) >= 11 is 0. The summed E-state index contributed by atoms with van der Waals surface area (Å²) in [5.41, 5.74) is 11.5. The van der Waals surface area contributed by atoms with E-state index in [0.717, 1.165) is 32.1 Å². The second-order valence-electron chi connectivity index (χ2n) is 6.90. The molecule has 0 heterocycles. The van der Waals surface area contributed by atoms with Crippen molar-refractivity contribution in [2.45, 2.75) is 76.6 Å². The highest BCUT2D eigenvalue weighted by atomic mass is 16.3. The molecule has 8 nitrogen and oxygen atoms in total. The summed E-state index contributed by atoms with van der Waals surface area (Å²) in [5.74, 6) is -1.21. The van der Waals surface area contributed by atoms with E-state index in [0.29, 0.717) is 6.42 Å². The molecule has 0 aliphatic heterocycles. The number of aliphatic hydroxyl groups is 1. The fourth-order valence-corrected chi connectivity index (χ4v) is 3.17. The number of ketones is 1. The summed E-state index contributed by atoms with van der Waals surface area (Å²) in [7, 11) is 0. The summed E-state index contributed by atoms with van der Waals surface area (Å²) in [4.78, 5) is 36.3. The minimum atomic E-state index is -1.17. The minimum absolute atomic E-state index is 0.0914. The molecule has 0 saturated heterocycles. The zero-order valence-corrected chi connectivity index (χ0v) is 15.2. The standard InChI is InChI=1S/C17H32N4O4/c1-10(22)13(8-9-18)20-17(25)15(11(2)23)21-16(24)14(19)12-6-4-3-5-7-12/h11-15,23H,3-9,18-19H2,1-2H3,(H,20,25)(H,21,24)/t11?,13-,14+,15-/m0/s1. The Morgan fingerprint density at radius 1 is 1.12 bits per heavy atom. The van der Waals surface area contributed by atoms with E-state index in [2.05, 4.69) is 10.6 Å². The van der Waals surface area contributed by atoms with Crippen molar-refractivity contribution in [3.63, 3.8) is 0 Å². The number of nitrogens with one attached hydrogen (secondary N) is 2. The molecule has 144 valence electrons. The summed E-state index contributed by atoms with van der Waals surface area (Å²) in [6, 6.07) is -2.61. The topological polar surface area (TPSA) is 148 Å². The van der Waals surface area contributed by atoms with Crippen molar-refractivity contribution in [3.8, 4) is 0 Å². The average Bonchev–Trinajstić information content (AvgIpc) is 2.58. The first-order chi connectivity index (χ1) is 11.8. The van der Waals surface area contributed by atoms with Crippen LogP contribution in [0.1, 0.15) is 52.4 Å². The molecule has 4 atom stereocenters. The van der Waals surface area contributed by atoms with Crippen LogP contribution < -0.4 is 22.1 Å². The third-order valence-corrected chi connectivity index (χ3v) is 4.79. The Morgan fingerprint density at radius 2 is 1.72 bits per heavy atom. The number of Topliss-reactive ketones (excluding diaryl/α,β-unsaturated/α-hetero) is 1. The van der Waals surface area contributed by atoms with E-state index in [4.69, 9.17) is 11.5 Å². The molecule has 1 rings (SSSR count). The van der Waals surface area contributed by atoms with Crippen LogP contribution in [0.15, 0.2) is 0 Å². The first-order valence-corrected chi connectivity index (χ1v) is 9.02. The van der Waals surface area contributed by atoms with Crippen LogP contribution in [0.5, 0.6) is 0 Å². The van der Waals surface area contributed by atoms with E-state index < -0.39 is 36.0 Å². The summed E-state index contributed by atoms with van der Waals surface area (Å²) in [6.45, 7) is 3.00. The van der Waals surface area contributed by atoms with Crippen LogP contribution in [0.25, 0.3) is 0 Å². The van der Waals surface area contributed by atoms with Gasteiger partial charge >= 0.3 is 0 Å². The largest absolute Gasteiger partial charge is 0.391 e. The lowest BCUT2D eigenvalue weighted by Crippen LogP contribution is -2.59. The van der Waals surface area contributed by atoms with Gasteiger partial charge in [-0.2, -0.15) is 0 Å². The van der Waals surface area contributed by atoms with Gasteiger partial charge in [-0.3, -0.25) is 14.4 Å². The van der Waals surface area contributed by atoms with E-state index in [9.17, 15) is 19.5 Å². The second kappa shape index (κ2) is 10.5. The molecule has 0 aromatic heterocycles. The van der Waals surface area contributed by atoms with Crippen LogP contribution >= 0.6 is 0 Å². The fraction of sp³-hybridized carbons (Fsp3) is 0.824. The molecule has 25 heavy (non-hydrogen) atoms. The van der Waals surface area contributed by atoms with Crippen molar-refractivity contribution in [2.75, 3.05) is 6.54 Å². The number of rotatable bonds is 9. The van der Waals surface area contributed by atoms with Crippen molar-refractivity contribution < 1.29 is 19.5 Å². The molecule has 0 bridgehead atoms. The number of hydrogen-bond donors (Lipinski definition) is 5. The third-order valence-electron chi connectivity index (χ3n) is 4.79. The summed E-state index contributed by atoms with van der Waals surface area (Å²) in [5, 5.41) is 14.9. The van der Waals surface area contributed by atoms with Crippen LogP contribution in [0, 0.1) is 5.92 Å². The molecule has 0 spiro atoms. The van der Waals surface area contributed by atoms with E-state index in [1.165, 1.54) is 13.8 Å². The van der Waals surface area contributed by atoms with Crippen molar-refractivity contribution in [1.82, 2.24) is 10.6 Å². The lowest BCUT2D eigenvalue weighted by Gasteiger charge is -2.29. The molecule has 0 aromatic rings. The van der Waals surface area contributed by atoms with Crippen LogP contribution in [-0.4, -0.2) is 53.5 Å². The number of hydrogen-bond acceptors (Lipinski definition) is 6. The van der Waals surface area contributed by atoms with E-state index in [1.54, 1.807) is 0 Å². The number of amides is 2. The highest BCUT2D eigenvalue weighted by Gasteiger charge is 2.32. The van der Waals surface area contributed by atoms with Crippen molar-refractivity contribution in [2.24, 2.45) is 17.4 Å². The van der Waals surface area contributed by atoms with Crippen molar-refractivity contribution in [1.29, 1.82) is 0 Å². The van der Waals surface area contributed by atoms with Gasteiger partial charge in [0.15, 0.2) is 5.78 Å². The van der Waals surface area contributed by atoms with Gasteiger partial charge in [0.05, 0.1) is 18.2 Å². The van der Waals surface area contributed by atoms with Gasteiger partial charge in [0.1, 0.15) is 6.04 Å². The SMILES string of the molecule is CC(=O)[C@H](CCN)NC(=O)[C@@H](NC(=O)[C@H](N)C1CCCCC1)C(C)O. The lowest BCUT2D eigenvalue weighted by atomic mass is 9.84. The summed E-state index contributed by atoms with van der Waals surface area (Å²) < 4.78 is 0. The molecule has 1 fully saturated rings. The Bertz CT molecular complexity index is 464. The molecule has 8 heteroatoms. The monoisotopic (exact) mass is 356 g/mol. The quantitative estimate of drug-likeness (QED) is 0.365. The number of nitrogens with two attached hydrogens (primary N) is 2. The fourth-order valence-electron chi connectivity index (χ4n) is 3.17. The number of carbonyl (C=O) groups is 3. The van der Waals surface area contributed by atoms with Gasteiger partial charge in [0.2, 0.25) is 11.8 Å². The Labute approximate surface area is 149 Å². The third kappa shape index (κ3) is 6.72. The van der Waals surface area contributed by atoms with Crippen LogP contribution in [0.4, 0.5) is 0 Å². The van der Waals surface area contributed by atoms with Crippen molar-refractivity contribution in [3.05, 3.63) is 0 Å². The molecular formula is C17H32N4O4. The zero-order valence-electron chi connectivity index (χ0n) is 15.2. The Morgan fingerprint density at radius 3 is 2.20 bits per heavy atom. The van der Waals surface area contributed by atoms with Gasteiger partial charge in [-0.05, 0) is 45.6 Å². The minimum Gasteiger partial charge on any atom is -0.391 e. The zero-order chi connectivity index (χ0) is 19.0. The molecule has 2 amide bonds. The second-order valence-corrected chi connectivity index (χ2v) is 6.90. The maximum absolute atomic E-state index is 12.4. The predicted molar refractivity (Wildman–Crippen MR) is 94.4 cm³/mol. The van der Waals surface area contributed by atoms with Gasteiger partial charge in [-0.1, -0.05) is 19.3 Å². The molecular weight excluding hydrogens is 324 g/mol. The first kappa shape index (κ1) is 21.5. The molecule has 1 aliphatic carbocycles. The first-order valence-electron chi connectivity index (χ1n) is 9.02. The van der Waals surface area contributed by atoms with Gasteiger partial charge in [-0.15, -0.1) is 0 Å². The van der Waals surface area contributed by atoms with Gasteiger partial charge in [0, 0.05) is 0 Å². The Kier molecular flexibility index (Phi) is 9.02. The van der Waals surface area contributed by atoms with Crippen LogP contribution in [0.2, 0.25) is 0 Å². The predicted octanol–water partition coefficient (Wildman–Crippen LogP) is -0.818. The van der Waals surface area contributed by atoms with E-state index in [-0.39, 0.29) is 18.2 Å². The molecule has 7 N–H and O–H groups in total. The number of carbonyl (C=O) groups excluding carboxylic acids is 3. The normalized spacial score (nSPS) is 20.2. The Balaban J connectivity index is 2.69. The van der Waals surface area contributed by atoms with Gasteiger partial charge < -0.3 is 27.2 Å². The van der Waals surface area contributed by atoms with Gasteiger partial charge in [-0.25, -0.2) is 0 Å². The molecule has 0 aromatic carbocycles. The maximum Gasteiger partial charge on any atom is 0.245 e. The highest BCUT2D eigenvalue weighted by molar-refractivity contribution is 5.93.